The number of nitrogens with two attached hydrogens (primary N) is 1. The normalized spacial score (nSPS) is 12.2. The Kier molecular flexibility index (Phi) is 5.83. The molecule has 19 heavy (non-hydrogen) atoms. The maximum Gasteiger partial charge on any atom is 0.344 e. The van der Waals surface area contributed by atoms with Gasteiger partial charge in [-0.15, -0.1) is 0 Å². The van der Waals surface area contributed by atoms with Crippen LogP contribution in [0, 0.1) is 20.8 Å². The lowest BCUT2D eigenvalue weighted by Crippen LogP contribution is -2.27. The van der Waals surface area contributed by atoms with E-state index in [0.29, 0.717) is 18.7 Å². The summed E-state index contributed by atoms with van der Waals surface area (Å²) in [5.74, 6) is -0.256. The maximum absolute atomic E-state index is 11.2. The van der Waals surface area contributed by atoms with Gasteiger partial charge in [-0.25, -0.2) is 4.79 Å². The van der Waals surface area contributed by atoms with Crippen LogP contribution in [0.1, 0.15) is 36.0 Å². The van der Waals surface area contributed by atoms with Gasteiger partial charge in [-0.2, -0.15) is 0 Å². The highest BCUT2D eigenvalue weighted by molar-refractivity contribution is 5.72. The lowest BCUT2D eigenvalue weighted by molar-refractivity contribution is -0.145. The van der Waals surface area contributed by atoms with Gasteiger partial charge in [-0.05, 0) is 69.3 Å². The molecule has 106 valence electrons. The van der Waals surface area contributed by atoms with Crippen LogP contribution in [0.15, 0.2) is 12.1 Å². The van der Waals surface area contributed by atoms with Crippen LogP contribution in [0.2, 0.25) is 0 Å². The molecule has 1 rings (SSSR count). The van der Waals surface area contributed by atoms with Crippen LogP contribution in [-0.4, -0.2) is 23.7 Å². The van der Waals surface area contributed by atoms with Gasteiger partial charge in [0, 0.05) is 0 Å². The number of carbonyl (C=O) groups is 1. The Balaban J connectivity index is 2.81. The third-order valence-corrected chi connectivity index (χ3v) is 3.23. The fourth-order valence-corrected chi connectivity index (χ4v) is 1.98. The van der Waals surface area contributed by atoms with E-state index in [-0.39, 0.29) is 0 Å². The molecule has 0 aliphatic heterocycles. The van der Waals surface area contributed by atoms with E-state index in [2.05, 4.69) is 6.07 Å². The van der Waals surface area contributed by atoms with Crippen LogP contribution in [0.25, 0.3) is 0 Å². The Bertz CT molecular complexity index is 443. The van der Waals surface area contributed by atoms with E-state index < -0.39 is 12.1 Å². The van der Waals surface area contributed by atoms with Crippen molar-refractivity contribution in [2.24, 2.45) is 5.73 Å². The second kappa shape index (κ2) is 7.14. The number of ether oxygens (including phenoxy) is 1. The molecule has 0 bridgehead atoms. The van der Waals surface area contributed by atoms with E-state index in [9.17, 15) is 9.90 Å². The summed E-state index contributed by atoms with van der Waals surface area (Å²) in [7, 11) is 0. The minimum atomic E-state index is -0.921. The van der Waals surface area contributed by atoms with Gasteiger partial charge < -0.3 is 15.6 Å². The molecule has 0 radical (unpaired) electrons. The average molecular weight is 265 g/mol. The summed E-state index contributed by atoms with van der Waals surface area (Å²) in [6.07, 6.45) is 1.27. The van der Waals surface area contributed by atoms with Crippen LogP contribution < -0.4 is 10.5 Å². The lowest BCUT2D eigenvalue weighted by atomic mass is 10.1. The Morgan fingerprint density at radius 1 is 1.32 bits per heavy atom. The summed E-state index contributed by atoms with van der Waals surface area (Å²) in [5, 5.41) is 9.21. The topological polar surface area (TPSA) is 72.5 Å². The van der Waals surface area contributed by atoms with Crippen molar-refractivity contribution in [1.82, 2.24) is 0 Å². The third kappa shape index (κ3) is 4.56. The molecule has 1 unspecified atom stereocenters. The van der Waals surface area contributed by atoms with E-state index in [1.165, 1.54) is 0 Å². The molecule has 3 N–H and O–H groups in total. The molecule has 1 aromatic rings. The minimum absolute atomic E-state index is 0.485. The van der Waals surface area contributed by atoms with Crippen molar-refractivity contribution in [3.8, 4) is 5.75 Å². The quantitative estimate of drug-likeness (QED) is 0.743. The Morgan fingerprint density at radius 3 is 2.58 bits per heavy atom. The van der Waals surface area contributed by atoms with Crippen molar-refractivity contribution in [1.29, 1.82) is 0 Å². The van der Waals surface area contributed by atoms with Crippen molar-refractivity contribution in [3.63, 3.8) is 0 Å². The monoisotopic (exact) mass is 265 g/mol. The standard InChI is InChI=1S/C15H23NO3/c1-10-8-11(2)12(3)14(9-10)19-13(15(17)18)6-4-5-7-16/h8-9,13H,4-7,16H2,1-3H3,(H,17,18). The average Bonchev–Trinajstić information content (AvgIpc) is 2.33. The Morgan fingerprint density at radius 2 is 2.00 bits per heavy atom. The van der Waals surface area contributed by atoms with E-state index in [0.717, 1.165) is 29.5 Å². The molecular formula is C15H23NO3. The number of hydrogen-bond acceptors (Lipinski definition) is 3. The molecule has 1 aromatic carbocycles. The lowest BCUT2D eigenvalue weighted by Gasteiger charge is -2.18. The highest BCUT2D eigenvalue weighted by Crippen LogP contribution is 2.25. The van der Waals surface area contributed by atoms with Crippen LogP contribution in [0.3, 0.4) is 0 Å². The SMILES string of the molecule is Cc1cc(C)c(C)c(OC(CCCCN)C(=O)O)c1. The largest absolute Gasteiger partial charge is 0.479 e. The number of rotatable bonds is 7. The summed E-state index contributed by atoms with van der Waals surface area (Å²) >= 11 is 0. The third-order valence-electron chi connectivity index (χ3n) is 3.23. The molecule has 0 aliphatic carbocycles. The molecule has 4 nitrogen and oxygen atoms in total. The van der Waals surface area contributed by atoms with Crippen molar-refractivity contribution in [2.75, 3.05) is 6.54 Å². The number of unbranched alkanes of at least 4 members (excludes halogenated alkanes) is 1. The first-order valence-electron chi connectivity index (χ1n) is 6.63. The Labute approximate surface area is 114 Å². The van der Waals surface area contributed by atoms with Crippen molar-refractivity contribution in [3.05, 3.63) is 28.8 Å². The molecule has 0 amide bonds. The van der Waals surface area contributed by atoms with Gasteiger partial charge in [0.15, 0.2) is 6.10 Å². The fourth-order valence-electron chi connectivity index (χ4n) is 1.98. The molecule has 0 saturated carbocycles. The second-order valence-corrected chi connectivity index (χ2v) is 4.93. The first-order valence-corrected chi connectivity index (χ1v) is 6.63. The summed E-state index contributed by atoms with van der Waals surface area (Å²) < 4.78 is 5.67. The number of carboxylic acids is 1. The number of aliphatic carboxylic acids is 1. The van der Waals surface area contributed by atoms with Gasteiger partial charge in [0.25, 0.3) is 0 Å². The van der Waals surface area contributed by atoms with Crippen molar-refractivity contribution < 1.29 is 14.6 Å². The molecule has 0 aromatic heterocycles. The summed E-state index contributed by atoms with van der Waals surface area (Å²) in [6.45, 7) is 6.50. The second-order valence-electron chi connectivity index (χ2n) is 4.93. The number of benzene rings is 1. The van der Waals surface area contributed by atoms with Crippen molar-refractivity contribution in [2.45, 2.75) is 46.1 Å². The van der Waals surface area contributed by atoms with Crippen molar-refractivity contribution >= 4 is 5.97 Å². The van der Waals surface area contributed by atoms with E-state index in [4.69, 9.17) is 10.5 Å². The summed E-state index contributed by atoms with van der Waals surface area (Å²) in [6, 6.07) is 3.95. The van der Waals surface area contributed by atoms with Gasteiger partial charge in [0.05, 0.1) is 0 Å². The van der Waals surface area contributed by atoms with E-state index in [1.807, 2.05) is 26.8 Å². The highest BCUT2D eigenvalue weighted by Gasteiger charge is 2.20. The van der Waals surface area contributed by atoms with Gasteiger partial charge in [-0.3, -0.25) is 0 Å². The zero-order valence-electron chi connectivity index (χ0n) is 11.9. The molecule has 0 spiro atoms. The Hall–Kier alpha value is -1.55. The fraction of sp³-hybridized carbons (Fsp3) is 0.533. The van der Waals surface area contributed by atoms with Gasteiger partial charge in [0.2, 0.25) is 0 Å². The predicted molar refractivity (Wildman–Crippen MR) is 75.6 cm³/mol. The van der Waals surface area contributed by atoms with E-state index in [1.54, 1.807) is 0 Å². The molecule has 0 fully saturated rings. The predicted octanol–water partition coefficient (Wildman–Crippen LogP) is 2.57. The first kappa shape index (κ1) is 15.5. The number of carboxylic acid groups (broad SMARTS) is 1. The number of aryl methyl sites for hydroxylation is 2. The smallest absolute Gasteiger partial charge is 0.344 e. The minimum Gasteiger partial charge on any atom is -0.479 e. The zero-order valence-corrected chi connectivity index (χ0v) is 11.9. The van der Waals surface area contributed by atoms with E-state index >= 15 is 0 Å². The highest BCUT2D eigenvalue weighted by atomic mass is 16.5. The van der Waals surface area contributed by atoms with Gasteiger partial charge in [-0.1, -0.05) is 6.07 Å². The first-order chi connectivity index (χ1) is 8.95. The number of hydrogen-bond donors (Lipinski definition) is 2. The summed E-state index contributed by atoms with van der Waals surface area (Å²) in [4.78, 5) is 11.2. The van der Waals surface area contributed by atoms with Crippen LogP contribution >= 0.6 is 0 Å². The zero-order chi connectivity index (χ0) is 14.4. The van der Waals surface area contributed by atoms with Gasteiger partial charge in [0.1, 0.15) is 5.75 Å². The molecule has 0 saturated heterocycles. The molecule has 1 atom stereocenters. The molecule has 0 heterocycles. The van der Waals surface area contributed by atoms with Crippen LogP contribution in [-0.2, 0) is 4.79 Å². The molecule has 4 heteroatoms. The molecular weight excluding hydrogens is 242 g/mol. The molecule has 0 aliphatic rings. The maximum atomic E-state index is 11.2. The van der Waals surface area contributed by atoms with Gasteiger partial charge >= 0.3 is 5.97 Å². The van der Waals surface area contributed by atoms with Crippen LogP contribution in [0.4, 0.5) is 0 Å². The van der Waals surface area contributed by atoms with Crippen LogP contribution in [0.5, 0.6) is 5.75 Å². The summed E-state index contributed by atoms with van der Waals surface area (Å²) in [5.41, 5.74) is 8.60.